The molecular formula is C15H17BrN2O3. The quantitative estimate of drug-likeness (QED) is 0.881. The summed E-state index contributed by atoms with van der Waals surface area (Å²) in [7, 11) is 0. The van der Waals surface area contributed by atoms with Gasteiger partial charge in [-0.05, 0) is 40.9 Å². The summed E-state index contributed by atoms with van der Waals surface area (Å²) >= 11 is 3.40. The zero-order valence-electron chi connectivity index (χ0n) is 11.6. The number of benzene rings is 1. The molecule has 0 unspecified atom stereocenters. The van der Waals surface area contributed by atoms with Gasteiger partial charge in [0.05, 0.1) is 30.4 Å². The van der Waals surface area contributed by atoms with Gasteiger partial charge >= 0.3 is 5.97 Å². The molecule has 0 aliphatic carbocycles. The number of halogens is 1. The molecule has 2 rings (SSSR count). The number of ether oxygens (including phenoxy) is 1. The van der Waals surface area contributed by atoms with Gasteiger partial charge in [0.1, 0.15) is 6.07 Å². The summed E-state index contributed by atoms with van der Waals surface area (Å²) in [5, 5.41) is 17.9. The number of piperidine rings is 1. The van der Waals surface area contributed by atoms with Gasteiger partial charge in [-0.3, -0.25) is 4.79 Å². The number of nitrogens with zero attached hydrogens (tertiary/aromatic N) is 2. The largest absolute Gasteiger partial charge is 0.481 e. The summed E-state index contributed by atoms with van der Waals surface area (Å²) in [6, 6.07) is 7.98. The third-order valence-corrected chi connectivity index (χ3v) is 4.22. The van der Waals surface area contributed by atoms with Gasteiger partial charge in [-0.15, -0.1) is 0 Å². The van der Waals surface area contributed by atoms with Gasteiger partial charge in [-0.25, -0.2) is 0 Å². The van der Waals surface area contributed by atoms with E-state index in [-0.39, 0.29) is 19.1 Å². The average molecular weight is 353 g/mol. The van der Waals surface area contributed by atoms with Crippen molar-refractivity contribution in [2.24, 2.45) is 0 Å². The van der Waals surface area contributed by atoms with Crippen molar-refractivity contribution in [3.05, 3.63) is 28.2 Å². The first-order chi connectivity index (χ1) is 10.1. The fourth-order valence-electron chi connectivity index (χ4n) is 2.46. The summed E-state index contributed by atoms with van der Waals surface area (Å²) in [6.45, 7) is 1.88. The van der Waals surface area contributed by atoms with Crippen molar-refractivity contribution < 1.29 is 14.6 Å². The van der Waals surface area contributed by atoms with Crippen molar-refractivity contribution >= 4 is 27.6 Å². The maximum Gasteiger partial charge on any atom is 0.305 e. The van der Waals surface area contributed by atoms with Crippen LogP contribution in [-0.2, 0) is 9.53 Å². The van der Waals surface area contributed by atoms with Crippen LogP contribution >= 0.6 is 15.9 Å². The first-order valence-corrected chi connectivity index (χ1v) is 7.68. The van der Waals surface area contributed by atoms with E-state index >= 15 is 0 Å². The van der Waals surface area contributed by atoms with Crippen LogP contribution in [0.15, 0.2) is 22.7 Å². The highest BCUT2D eigenvalue weighted by molar-refractivity contribution is 9.10. The molecule has 1 fully saturated rings. The number of hydrogen-bond acceptors (Lipinski definition) is 4. The Morgan fingerprint density at radius 3 is 2.81 bits per heavy atom. The highest BCUT2D eigenvalue weighted by Crippen LogP contribution is 2.29. The van der Waals surface area contributed by atoms with Gasteiger partial charge in [0, 0.05) is 17.6 Å². The Hall–Kier alpha value is -1.58. The zero-order chi connectivity index (χ0) is 15.2. The first-order valence-electron chi connectivity index (χ1n) is 6.88. The number of hydrogen-bond donors (Lipinski definition) is 1. The standard InChI is InChI=1S/C15H17BrN2O3/c16-13-2-1-3-14(12(13)10-17)18-7-4-11(5-8-18)21-9-6-15(19)20/h1-3,11H,4-9H2,(H,19,20). The molecule has 0 radical (unpaired) electrons. The summed E-state index contributed by atoms with van der Waals surface area (Å²) in [5.74, 6) is -0.833. The van der Waals surface area contributed by atoms with Gasteiger partial charge in [-0.1, -0.05) is 6.07 Å². The minimum Gasteiger partial charge on any atom is -0.481 e. The normalized spacial score (nSPS) is 15.7. The molecule has 5 nitrogen and oxygen atoms in total. The summed E-state index contributed by atoms with van der Waals surface area (Å²) in [4.78, 5) is 12.6. The molecule has 0 spiro atoms. The molecule has 0 amide bonds. The number of carboxylic acid groups (broad SMARTS) is 1. The molecule has 0 atom stereocenters. The fourth-order valence-corrected chi connectivity index (χ4v) is 2.91. The van der Waals surface area contributed by atoms with Crippen LogP contribution in [0.2, 0.25) is 0 Å². The smallest absolute Gasteiger partial charge is 0.305 e. The monoisotopic (exact) mass is 352 g/mol. The zero-order valence-corrected chi connectivity index (χ0v) is 13.2. The molecule has 0 aromatic heterocycles. The Bertz CT molecular complexity index is 548. The number of nitriles is 1. The van der Waals surface area contributed by atoms with E-state index in [0.717, 1.165) is 36.1 Å². The summed E-state index contributed by atoms with van der Waals surface area (Å²) in [6.07, 6.45) is 1.84. The third kappa shape index (κ3) is 4.19. The van der Waals surface area contributed by atoms with Crippen molar-refractivity contribution in [2.75, 3.05) is 24.6 Å². The van der Waals surface area contributed by atoms with Gasteiger partial charge in [-0.2, -0.15) is 5.26 Å². The lowest BCUT2D eigenvalue weighted by molar-refractivity contribution is -0.138. The minimum atomic E-state index is -0.833. The lowest BCUT2D eigenvalue weighted by atomic mass is 10.1. The van der Waals surface area contributed by atoms with E-state index in [1.807, 2.05) is 18.2 Å². The number of carboxylic acids is 1. The Kier molecular flexibility index (Phi) is 5.59. The molecule has 1 aromatic carbocycles. The number of carbonyl (C=O) groups is 1. The van der Waals surface area contributed by atoms with Crippen LogP contribution in [0.4, 0.5) is 5.69 Å². The van der Waals surface area contributed by atoms with Crippen LogP contribution < -0.4 is 4.90 Å². The molecule has 1 aliphatic heterocycles. The molecular weight excluding hydrogens is 336 g/mol. The van der Waals surface area contributed by atoms with Crippen molar-refractivity contribution in [3.63, 3.8) is 0 Å². The molecule has 0 bridgehead atoms. The molecule has 0 saturated carbocycles. The summed E-state index contributed by atoms with van der Waals surface area (Å²) in [5.41, 5.74) is 1.60. The number of aliphatic carboxylic acids is 1. The minimum absolute atomic E-state index is 0.0461. The summed E-state index contributed by atoms with van der Waals surface area (Å²) < 4.78 is 6.38. The number of anilines is 1. The van der Waals surface area contributed by atoms with E-state index in [4.69, 9.17) is 9.84 Å². The van der Waals surface area contributed by atoms with Gasteiger partial charge in [0.2, 0.25) is 0 Å². The predicted octanol–water partition coefficient (Wildman–Crippen LogP) is 2.78. The van der Waals surface area contributed by atoms with Crippen molar-refractivity contribution in [1.82, 2.24) is 0 Å². The molecule has 1 heterocycles. The van der Waals surface area contributed by atoms with E-state index in [2.05, 4.69) is 26.9 Å². The predicted molar refractivity (Wildman–Crippen MR) is 82.3 cm³/mol. The second kappa shape index (κ2) is 7.43. The van der Waals surface area contributed by atoms with Crippen molar-refractivity contribution in [3.8, 4) is 6.07 Å². The van der Waals surface area contributed by atoms with Crippen molar-refractivity contribution in [1.29, 1.82) is 5.26 Å². The third-order valence-electron chi connectivity index (χ3n) is 3.56. The lowest BCUT2D eigenvalue weighted by Crippen LogP contribution is -2.37. The first kappa shape index (κ1) is 15.8. The van der Waals surface area contributed by atoms with E-state index in [0.29, 0.717) is 5.56 Å². The SMILES string of the molecule is N#Cc1c(Br)cccc1N1CCC(OCCC(=O)O)CC1. The molecule has 6 heteroatoms. The molecule has 1 saturated heterocycles. The maximum atomic E-state index is 10.5. The van der Waals surface area contributed by atoms with E-state index in [1.165, 1.54) is 0 Å². The molecule has 21 heavy (non-hydrogen) atoms. The molecule has 112 valence electrons. The van der Waals surface area contributed by atoms with Crippen molar-refractivity contribution in [2.45, 2.75) is 25.4 Å². The second-order valence-corrected chi connectivity index (χ2v) is 5.80. The average Bonchev–Trinajstić information content (AvgIpc) is 2.47. The fraction of sp³-hybridized carbons (Fsp3) is 0.467. The Morgan fingerprint density at radius 1 is 1.48 bits per heavy atom. The Morgan fingerprint density at radius 2 is 2.19 bits per heavy atom. The van der Waals surface area contributed by atoms with Crippen LogP contribution in [0.5, 0.6) is 0 Å². The van der Waals surface area contributed by atoms with Crippen LogP contribution in [0.3, 0.4) is 0 Å². The number of rotatable bonds is 5. The van der Waals surface area contributed by atoms with E-state index in [9.17, 15) is 10.1 Å². The lowest BCUT2D eigenvalue weighted by Gasteiger charge is -2.34. The highest BCUT2D eigenvalue weighted by Gasteiger charge is 2.22. The second-order valence-electron chi connectivity index (χ2n) is 4.95. The topological polar surface area (TPSA) is 73.6 Å². The van der Waals surface area contributed by atoms with Gasteiger partial charge < -0.3 is 14.7 Å². The van der Waals surface area contributed by atoms with Gasteiger partial charge in [0.15, 0.2) is 0 Å². The molecule has 1 aromatic rings. The van der Waals surface area contributed by atoms with Crippen LogP contribution in [0.25, 0.3) is 0 Å². The Balaban J connectivity index is 1.91. The van der Waals surface area contributed by atoms with Crippen LogP contribution in [-0.4, -0.2) is 36.9 Å². The van der Waals surface area contributed by atoms with Crippen LogP contribution in [0, 0.1) is 11.3 Å². The highest BCUT2D eigenvalue weighted by atomic mass is 79.9. The van der Waals surface area contributed by atoms with Crippen LogP contribution in [0.1, 0.15) is 24.8 Å². The Labute approximate surface area is 132 Å². The molecule has 1 aliphatic rings. The maximum absolute atomic E-state index is 10.5. The van der Waals surface area contributed by atoms with E-state index in [1.54, 1.807) is 0 Å². The van der Waals surface area contributed by atoms with E-state index < -0.39 is 5.97 Å². The van der Waals surface area contributed by atoms with Gasteiger partial charge in [0.25, 0.3) is 0 Å². The molecule has 1 N–H and O–H groups in total.